The van der Waals surface area contributed by atoms with E-state index in [0.717, 1.165) is 5.56 Å². The number of carbonyl (C=O) groups is 1. The van der Waals surface area contributed by atoms with Crippen molar-refractivity contribution >= 4 is 34.8 Å². The van der Waals surface area contributed by atoms with Crippen LogP contribution < -0.4 is 4.90 Å². The second-order valence-corrected chi connectivity index (χ2v) is 5.07. The molecule has 0 aromatic heterocycles. The van der Waals surface area contributed by atoms with Gasteiger partial charge in [-0.05, 0) is 18.6 Å². The summed E-state index contributed by atoms with van der Waals surface area (Å²) in [6.45, 7) is 2.34. The van der Waals surface area contributed by atoms with Crippen LogP contribution in [0.5, 0.6) is 0 Å². The number of carbonyl (C=O) groups excluding carboxylic acids is 1. The maximum absolute atomic E-state index is 11.9. The topological polar surface area (TPSA) is 40.5 Å². The first-order valence-electron chi connectivity index (χ1n) is 5.40. The summed E-state index contributed by atoms with van der Waals surface area (Å²) < 4.78 is 0. The molecule has 0 saturated carbocycles. The van der Waals surface area contributed by atoms with Gasteiger partial charge in [0, 0.05) is 25.5 Å². The van der Waals surface area contributed by atoms with Crippen LogP contribution >= 0.6 is 23.2 Å². The van der Waals surface area contributed by atoms with E-state index in [4.69, 9.17) is 28.3 Å². The number of benzene rings is 1. The molecule has 5 heteroatoms. The fraction of sp³-hybridized carbons (Fsp3) is 0.417. The van der Waals surface area contributed by atoms with E-state index in [9.17, 15) is 4.79 Å². The van der Waals surface area contributed by atoms with Crippen molar-refractivity contribution in [2.75, 3.05) is 18.1 Å². The molecule has 0 aliphatic carbocycles. The van der Waals surface area contributed by atoms with Gasteiger partial charge in [0.25, 0.3) is 0 Å². The largest absolute Gasteiger partial charge is 0.396 e. The second-order valence-electron chi connectivity index (χ2n) is 4.28. The first-order valence-corrected chi connectivity index (χ1v) is 6.16. The van der Waals surface area contributed by atoms with Crippen molar-refractivity contribution in [3.05, 3.63) is 27.7 Å². The summed E-state index contributed by atoms with van der Waals surface area (Å²) in [4.78, 5) is 13.4. The number of nitrogens with zero attached hydrogens (tertiary/aromatic N) is 1. The van der Waals surface area contributed by atoms with Gasteiger partial charge in [-0.2, -0.15) is 0 Å². The van der Waals surface area contributed by atoms with Crippen molar-refractivity contribution in [2.45, 2.75) is 13.3 Å². The van der Waals surface area contributed by atoms with Crippen molar-refractivity contribution in [1.82, 2.24) is 0 Å². The maximum Gasteiger partial charge on any atom is 0.227 e. The molecule has 1 fully saturated rings. The van der Waals surface area contributed by atoms with E-state index < -0.39 is 0 Å². The number of aliphatic hydroxyl groups is 1. The van der Waals surface area contributed by atoms with E-state index in [1.165, 1.54) is 0 Å². The van der Waals surface area contributed by atoms with Crippen LogP contribution in [-0.2, 0) is 4.79 Å². The van der Waals surface area contributed by atoms with Crippen LogP contribution in [0, 0.1) is 12.8 Å². The number of anilines is 1. The summed E-state index contributed by atoms with van der Waals surface area (Å²) in [6, 6.07) is 3.55. The van der Waals surface area contributed by atoms with Crippen molar-refractivity contribution < 1.29 is 9.90 Å². The van der Waals surface area contributed by atoms with Crippen molar-refractivity contribution in [2.24, 2.45) is 5.92 Å². The summed E-state index contributed by atoms with van der Waals surface area (Å²) in [5.74, 6) is -0.0754. The zero-order valence-electron chi connectivity index (χ0n) is 9.41. The van der Waals surface area contributed by atoms with Crippen LogP contribution in [0.15, 0.2) is 12.1 Å². The van der Waals surface area contributed by atoms with E-state index >= 15 is 0 Å². The minimum atomic E-state index is -0.0431. The van der Waals surface area contributed by atoms with Crippen molar-refractivity contribution in [3.8, 4) is 0 Å². The third-order valence-electron chi connectivity index (χ3n) is 2.99. The Labute approximate surface area is 110 Å². The van der Waals surface area contributed by atoms with Crippen LogP contribution in [0.4, 0.5) is 5.69 Å². The van der Waals surface area contributed by atoms with Crippen LogP contribution in [0.1, 0.15) is 12.0 Å². The Kier molecular flexibility index (Phi) is 3.61. The Balaban J connectivity index is 2.41. The highest BCUT2D eigenvalue weighted by Crippen LogP contribution is 2.38. The van der Waals surface area contributed by atoms with Gasteiger partial charge in [-0.3, -0.25) is 4.79 Å². The van der Waals surface area contributed by atoms with Crippen molar-refractivity contribution in [3.63, 3.8) is 0 Å². The van der Waals surface area contributed by atoms with Gasteiger partial charge in [0.2, 0.25) is 5.91 Å². The molecular weight excluding hydrogens is 261 g/mol. The van der Waals surface area contributed by atoms with Gasteiger partial charge in [0.15, 0.2) is 0 Å². The lowest BCUT2D eigenvalue weighted by atomic mass is 10.1. The van der Waals surface area contributed by atoms with E-state index in [1.54, 1.807) is 11.0 Å². The van der Waals surface area contributed by atoms with E-state index in [2.05, 4.69) is 0 Å². The van der Waals surface area contributed by atoms with Crippen molar-refractivity contribution in [1.29, 1.82) is 0 Å². The van der Waals surface area contributed by atoms with Crippen LogP contribution in [0.25, 0.3) is 0 Å². The van der Waals surface area contributed by atoms with E-state index in [0.29, 0.717) is 28.7 Å². The SMILES string of the molecule is Cc1ccc(Cl)c(N2CC(CO)CC2=O)c1Cl. The zero-order chi connectivity index (χ0) is 12.6. The smallest absolute Gasteiger partial charge is 0.227 e. The highest BCUT2D eigenvalue weighted by molar-refractivity contribution is 6.40. The molecule has 0 radical (unpaired) electrons. The first-order chi connectivity index (χ1) is 8.04. The van der Waals surface area contributed by atoms with E-state index in [1.807, 2.05) is 13.0 Å². The monoisotopic (exact) mass is 273 g/mol. The summed E-state index contributed by atoms with van der Waals surface area (Å²) in [5.41, 5.74) is 1.44. The van der Waals surface area contributed by atoms with Gasteiger partial charge in [-0.25, -0.2) is 0 Å². The van der Waals surface area contributed by atoms with Crippen LogP contribution in [0.3, 0.4) is 0 Å². The number of aliphatic hydroxyl groups excluding tert-OH is 1. The van der Waals surface area contributed by atoms with Crippen LogP contribution in [-0.4, -0.2) is 24.2 Å². The van der Waals surface area contributed by atoms with Gasteiger partial charge in [-0.1, -0.05) is 29.3 Å². The first kappa shape index (κ1) is 12.7. The minimum absolute atomic E-state index is 0.00327. The molecule has 1 aliphatic heterocycles. The Hall–Kier alpha value is -0.770. The normalized spacial score (nSPS) is 20.1. The maximum atomic E-state index is 11.9. The number of rotatable bonds is 2. The molecule has 1 N–H and O–H groups in total. The molecule has 17 heavy (non-hydrogen) atoms. The predicted molar refractivity (Wildman–Crippen MR) is 68.7 cm³/mol. The molecule has 1 aromatic rings. The number of hydrogen-bond acceptors (Lipinski definition) is 2. The lowest BCUT2D eigenvalue weighted by Crippen LogP contribution is -2.25. The highest BCUT2D eigenvalue weighted by atomic mass is 35.5. The minimum Gasteiger partial charge on any atom is -0.396 e. The average molecular weight is 274 g/mol. The second kappa shape index (κ2) is 4.84. The molecule has 1 heterocycles. The summed E-state index contributed by atoms with van der Waals surface area (Å²) in [5, 5.41) is 10.1. The van der Waals surface area contributed by atoms with Gasteiger partial charge in [0.1, 0.15) is 0 Å². The number of hydrogen-bond donors (Lipinski definition) is 1. The van der Waals surface area contributed by atoms with Crippen LogP contribution in [0.2, 0.25) is 10.0 Å². The molecule has 0 spiro atoms. The third-order valence-corrected chi connectivity index (χ3v) is 3.78. The molecule has 0 bridgehead atoms. The molecule has 92 valence electrons. The number of halogens is 2. The van der Waals surface area contributed by atoms with Gasteiger partial charge >= 0.3 is 0 Å². The number of aryl methyl sites for hydroxylation is 1. The Bertz CT molecular complexity index is 462. The summed E-state index contributed by atoms with van der Waals surface area (Å²) >= 11 is 12.3. The lowest BCUT2D eigenvalue weighted by Gasteiger charge is -2.20. The lowest BCUT2D eigenvalue weighted by molar-refractivity contribution is -0.117. The number of amides is 1. The fourth-order valence-electron chi connectivity index (χ4n) is 2.01. The molecule has 1 aromatic carbocycles. The van der Waals surface area contributed by atoms with Gasteiger partial charge in [-0.15, -0.1) is 0 Å². The fourth-order valence-corrected chi connectivity index (χ4v) is 2.58. The molecule has 3 nitrogen and oxygen atoms in total. The molecule has 1 aliphatic rings. The summed E-state index contributed by atoms with van der Waals surface area (Å²) in [7, 11) is 0. The standard InChI is InChI=1S/C12H13Cl2NO2/c1-7-2-3-9(13)12(11(7)14)15-5-8(6-16)4-10(15)17/h2-3,8,16H,4-6H2,1H3. The molecule has 1 saturated heterocycles. The quantitative estimate of drug-likeness (QED) is 0.900. The Morgan fingerprint density at radius 3 is 2.76 bits per heavy atom. The van der Waals surface area contributed by atoms with Gasteiger partial charge < -0.3 is 10.0 Å². The highest BCUT2D eigenvalue weighted by Gasteiger charge is 2.32. The molecule has 1 amide bonds. The summed E-state index contributed by atoms with van der Waals surface area (Å²) in [6.07, 6.45) is 0.344. The molecule has 2 rings (SSSR count). The Morgan fingerprint density at radius 1 is 1.47 bits per heavy atom. The average Bonchev–Trinajstić information content (AvgIpc) is 2.66. The molecule has 1 atom stereocenters. The molecule has 1 unspecified atom stereocenters. The zero-order valence-corrected chi connectivity index (χ0v) is 10.9. The van der Waals surface area contributed by atoms with E-state index in [-0.39, 0.29) is 18.4 Å². The van der Waals surface area contributed by atoms with Gasteiger partial charge in [0.05, 0.1) is 15.7 Å². The third kappa shape index (κ3) is 2.28. The molecular formula is C12H13Cl2NO2. The predicted octanol–water partition coefficient (Wildman–Crippen LogP) is 2.65. The Morgan fingerprint density at radius 2 is 2.18 bits per heavy atom.